The maximum atomic E-state index is 11.7. The predicted molar refractivity (Wildman–Crippen MR) is 83.5 cm³/mol. The van der Waals surface area contributed by atoms with Crippen LogP contribution in [-0.2, 0) is 26.0 Å². The summed E-state index contributed by atoms with van der Waals surface area (Å²) in [5.74, 6) is -0.745. The van der Waals surface area contributed by atoms with Crippen molar-refractivity contribution >= 4 is 12.1 Å². The average Bonchev–Trinajstić information content (AvgIpc) is 2.57. The first-order chi connectivity index (χ1) is 11.2. The van der Waals surface area contributed by atoms with Crippen molar-refractivity contribution in [3.8, 4) is 0 Å². The van der Waals surface area contributed by atoms with E-state index in [9.17, 15) is 9.59 Å². The van der Waals surface area contributed by atoms with Gasteiger partial charge in [-0.25, -0.2) is 14.5 Å². The van der Waals surface area contributed by atoms with E-state index in [4.69, 9.17) is 4.74 Å². The highest BCUT2D eigenvalue weighted by Crippen LogP contribution is 2.09. The van der Waals surface area contributed by atoms with Gasteiger partial charge in [-0.15, -0.1) is 0 Å². The van der Waals surface area contributed by atoms with Crippen molar-refractivity contribution in [2.45, 2.75) is 52.4 Å². The Balaban J connectivity index is 2.24. The van der Waals surface area contributed by atoms with E-state index in [1.807, 2.05) is 19.1 Å². The molecule has 0 fully saturated rings. The molecule has 0 saturated heterocycles. The van der Waals surface area contributed by atoms with Crippen LogP contribution in [0.5, 0.6) is 0 Å². The summed E-state index contributed by atoms with van der Waals surface area (Å²) in [7, 11) is 0. The van der Waals surface area contributed by atoms with Crippen molar-refractivity contribution in [3.05, 3.63) is 35.4 Å². The maximum Gasteiger partial charge on any atom is 0.543 e. The Labute approximate surface area is 136 Å². The minimum atomic E-state index is -1.04. The number of carbonyl (C=O) groups is 2. The van der Waals surface area contributed by atoms with Gasteiger partial charge in [0.15, 0.2) is 0 Å². The second-order valence-electron chi connectivity index (χ2n) is 5.13. The first kappa shape index (κ1) is 19.0. The van der Waals surface area contributed by atoms with Gasteiger partial charge in [-0.2, -0.15) is 0 Å². The summed E-state index contributed by atoms with van der Waals surface area (Å²) in [6.45, 7) is 4.40. The van der Waals surface area contributed by atoms with Gasteiger partial charge < -0.3 is 4.74 Å². The normalized spacial score (nSPS) is 10.2. The lowest BCUT2D eigenvalue weighted by molar-refractivity contribution is -0.452. The van der Waals surface area contributed by atoms with Crippen molar-refractivity contribution in [1.82, 2.24) is 0 Å². The molecule has 6 nitrogen and oxygen atoms in total. The number of carbonyl (C=O) groups excluding carboxylic acids is 2. The Morgan fingerprint density at radius 3 is 2.26 bits per heavy atom. The van der Waals surface area contributed by atoms with Crippen LogP contribution in [0.2, 0.25) is 0 Å². The van der Waals surface area contributed by atoms with Crippen molar-refractivity contribution in [3.63, 3.8) is 0 Å². The van der Waals surface area contributed by atoms with Gasteiger partial charge in [-0.05, 0) is 37.0 Å². The zero-order valence-electron chi connectivity index (χ0n) is 13.7. The Hall–Kier alpha value is -2.08. The largest absolute Gasteiger partial charge is 0.543 e. The molecule has 0 bridgehead atoms. The highest BCUT2D eigenvalue weighted by Gasteiger charge is 2.12. The van der Waals surface area contributed by atoms with Crippen LogP contribution in [0.4, 0.5) is 4.79 Å². The predicted octanol–water partition coefficient (Wildman–Crippen LogP) is 4.38. The molecular formula is C17H24O6. The van der Waals surface area contributed by atoms with Crippen LogP contribution in [0.3, 0.4) is 0 Å². The number of hydrogen-bond acceptors (Lipinski definition) is 6. The lowest BCUT2D eigenvalue weighted by Gasteiger charge is -2.04. The summed E-state index contributed by atoms with van der Waals surface area (Å²) < 4.78 is 4.71. The van der Waals surface area contributed by atoms with Crippen LogP contribution in [0.25, 0.3) is 0 Å². The molecule has 0 aromatic heterocycles. The molecule has 1 rings (SSSR count). The maximum absolute atomic E-state index is 11.7. The van der Waals surface area contributed by atoms with E-state index < -0.39 is 12.1 Å². The minimum Gasteiger partial charge on any atom is -0.432 e. The van der Waals surface area contributed by atoms with Crippen molar-refractivity contribution < 1.29 is 29.1 Å². The standard InChI is InChI=1S/C17H24O6/c1-3-5-7-13-20-17(19)22-23-21-16(18)15-11-9-14(10-12-15)8-6-4-2/h9-12H,3-8,13H2,1-2H3. The molecule has 0 saturated carbocycles. The molecule has 1 aromatic carbocycles. The van der Waals surface area contributed by atoms with E-state index in [-0.39, 0.29) is 6.61 Å². The van der Waals surface area contributed by atoms with Crippen LogP contribution in [0.1, 0.15) is 61.9 Å². The topological polar surface area (TPSA) is 71.1 Å². The van der Waals surface area contributed by atoms with E-state index in [0.717, 1.165) is 44.1 Å². The van der Waals surface area contributed by atoms with Gasteiger partial charge >= 0.3 is 12.1 Å². The SMILES string of the molecule is CCCCCOC(=O)OOOC(=O)c1ccc(CCCC)cc1. The summed E-state index contributed by atoms with van der Waals surface area (Å²) in [5, 5.41) is 4.14. The van der Waals surface area contributed by atoms with E-state index in [2.05, 4.69) is 21.7 Å². The Morgan fingerprint density at radius 2 is 1.61 bits per heavy atom. The van der Waals surface area contributed by atoms with Crippen LogP contribution in [0.15, 0.2) is 24.3 Å². The van der Waals surface area contributed by atoms with Gasteiger partial charge in [0.05, 0.1) is 17.2 Å². The first-order valence-electron chi connectivity index (χ1n) is 7.98. The fourth-order valence-corrected chi connectivity index (χ4v) is 1.84. The molecule has 0 radical (unpaired) electrons. The third kappa shape index (κ3) is 8.21. The lowest BCUT2D eigenvalue weighted by Crippen LogP contribution is -2.12. The highest BCUT2D eigenvalue weighted by molar-refractivity contribution is 5.88. The number of aryl methyl sites for hydroxylation is 1. The summed E-state index contributed by atoms with van der Waals surface area (Å²) in [6, 6.07) is 6.99. The van der Waals surface area contributed by atoms with Gasteiger partial charge in [-0.3, -0.25) is 4.89 Å². The van der Waals surface area contributed by atoms with Crippen LogP contribution >= 0.6 is 0 Å². The van der Waals surface area contributed by atoms with Crippen LogP contribution < -0.4 is 0 Å². The molecule has 6 heteroatoms. The van der Waals surface area contributed by atoms with Gasteiger partial charge in [0.25, 0.3) is 0 Å². The summed E-state index contributed by atoms with van der Waals surface area (Å²) in [5.41, 5.74) is 1.46. The minimum absolute atomic E-state index is 0.239. The molecule has 1 aromatic rings. The Kier molecular flexibility index (Phi) is 9.47. The van der Waals surface area contributed by atoms with Gasteiger partial charge in [-0.1, -0.05) is 45.2 Å². The molecule has 0 N–H and O–H groups in total. The molecule has 0 atom stereocenters. The highest BCUT2D eigenvalue weighted by atomic mass is 17.5. The van der Waals surface area contributed by atoms with E-state index in [0.29, 0.717) is 5.56 Å². The van der Waals surface area contributed by atoms with Crippen LogP contribution in [-0.4, -0.2) is 18.7 Å². The number of benzene rings is 1. The summed E-state index contributed by atoms with van der Waals surface area (Å²) in [6.07, 6.45) is 4.86. The molecule has 128 valence electrons. The van der Waals surface area contributed by atoms with Crippen molar-refractivity contribution in [2.24, 2.45) is 0 Å². The zero-order valence-corrected chi connectivity index (χ0v) is 13.7. The molecule has 0 amide bonds. The second kappa shape index (κ2) is 11.5. The summed E-state index contributed by atoms with van der Waals surface area (Å²) in [4.78, 5) is 31.4. The quantitative estimate of drug-likeness (QED) is 0.275. The van der Waals surface area contributed by atoms with Gasteiger partial charge in [0.1, 0.15) is 0 Å². The van der Waals surface area contributed by atoms with E-state index >= 15 is 0 Å². The average molecular weight is 324 g/mol. The fraction of sp³-hybridized carbons (Fsp3) is 0.529. The molecule has 23 heavy (non-hydrogen) atoms. The molecule has 0 spiro atoms. The molecular weight excluding hydrogens is 300 g/mol. The van der Waals surface area contributed by atoms with Gasteiger partial charge in [0, 0.05) is 0 Å². The van der Waals surface area contributed by atoms with Crippen LogP contribution in [0, 0.1) is 0 Å². The fourth-order valence-electron chi connectivity index (χ4n) is 1.84. The molecule has 0 heterocycles. The Bertz CT molecular complexity index is 468. The molecule has 0 unspecified atom stereocenters. The molecule has 0 aliphatic heterocycles. The number of unbranched alkanes of at least 4 members (excludes halogenated alkanes) is 3. The Morgan fingerprint density at radius 1 is 0.913 bits per heavy atom. The summed E-state index contributed by atoms with van der Waals surface area (Å²) >= 11 is 0. The number of rotatable bonds is 10. The monoisotopic (exact) mass is 324 g/mol. The first-order valence-corrected chi connectivity index (χ1v) is 7.98. The van der Waals surface area contributed by atoms with Crippen molar-refractivity contribution in [1.29, 1.82) is 0 Å². The third-order valence-electron chi connectivity index (χ3n) is 3.19. The number of ether oxygens (including phenoxy) is 1. The molecule has 0 aliphatic rings. The van der Waals surface area contributed by atoms with Gasteiger partial charge in [0.2, 0.25) is 0 Å². The third-order valence-corrected chi connectivity index (χ3v) is 3.19. The smallest absolute Gasteiger partial charge is 0.432 e. The lowest BCUT2D eigenvalue weighted by atomic mass is 10.1. The molecule has 0 aliphatic carbocycles. The second-order valence-corrected chi connectivity index (χ2v) is 5.13. The zero-order chi connectivity index (χ0) is 16.9. The van der Waals surface area contributed by atoms with E-state index in [1.165, 1.54) is 0 Å². The number of hydrogen-bond donors (Lipinski definition) is 0. The van der Waals surface area contributed by atoms with E-state index in [1.54, 1.807) is 12.1 Å². The van der Waals surface area contributed by atoms with Crippen molar-refractivity contribution in [2.75, 3.05) is 6.61 Å².